The number of aromatic amines is 1. The molecular weight excluding hydrogens is 303 g/mol. The highest BCUT2D eigenvalue weighted by Gasteiger charge is 2.48. The highest BCUT2D eigenvalue weighted by atomic mass is 35.5. The van der Waals surface area contributed by atoms with Crippen LogP contribution in [0.1, 0.15) is 0 Å². The summed E-state index contributed by atoms with van der Waals surface area (Å²) in [6, 6.07) is 5.82. The van der Waals surface area contributed by atoms with Crippen molar-refractivity contribution in [3.05, 3.63) is 41.7 Å². The smallest absolute Gasteiger partial charge is 0.366 e. The van der Waals surface area contributed by atoms with Crippen molar-refractivity contribution in [2.24, 2.45) is 0 Å². The van der Waals surface area contributed by atoms with E-state index in [4.69, 9.17) is 11.6 Å². The molecule has 0 radical (unpaired) electrons. The van der Waals surface area contributed by atoms with Crippen LogP contribution >= 0.6 is 11.6 Å². The summed E-state index contributed by atoms with van der Waals surface area (Å²) in [4.78, 5) is 1.57. The molecule has 19 heavy (non-hydrogen) atoms. The second kappa shape index (κ2) is 4.57. The highest BCUT2D eigenvalue weighted by Crippen LogP contribution is 2.36. The Hall–Kier alpha value is -1.47. The maximum absolute atomic E-state index is 12.5. The standard InChI is InChI=1S/C11H7ClF3NO2S/c12-8-3-1-7(2-4-8)9-5-16-6-10(9)19(17,18)11(13,14)15/h1-6,16H. The number of alkyl halides is 3. The van der Waals surface area contributed by atoms with Crippen LogP contribution in [-0.4, -0.2) is 18.9 Å². The van der Waals surface area contributed by atoms with Crippen molar-refractivity contribution in [3.63, 3.8) is 0 Å². The first-order chi connectivity index (χ1) is 8.73. The number of rotatable bonds is 2. The van der Waals surface area contributed by atoms with Crippen LogP contribution in [0.2, 0.25) is 5.02 Å². The molecule has 102 valence electrons. The molecule has 0 amide bonds. The Bertz CT molecular complexity index is 689. The number of H-pyrrole nitrogens is 1. The molecule has 0 saturated heterocycles. The maximum atomic E-state index is 12.5. The molecule has 1 heterocycles. The molecule has 0 spiro atoms. The van der Waals surface area contributed by atoms with Crippen molar-refractivity contribution >= 4 is 21.4 Å². The van der Waals surface area contributed by atoms with Crippen molar-refractivity contribution < 1.29 is 21.6 Å². The Balaban J connectivity index is 2.59. The van der Waals surface area contributed by atoms with E-state index in [1.165, 1.54) is 30.5 Å². The molecule has 0 aliphatic heterocycles. The molecule has 0 aliphatic carbocycles. The van der Waals surface area contributed by atoms with Crippen LogP contribution in [0.15, 0.2) is 41.6 Å². The summed E-state index contributed by atoms with van der Waals surface area (Å²) >= 11 is 5.67. The Morgan fingerprint density at radius 1 is 1.05 bits per heavy atom. The number of nitrogens with one attached hydrogen (secondary N) is 1. The molecule has 0 atom stereocenters. The molecule has 2 aromatic rings. The molecule has 0 aliphatic rings. The molecule has 2 rings (SSSR count). The summed E-state index contributed by atoms with van der Waals surface area (Å²) in [5.74, 6) is 0. The van der Waals surface area contributed by atoms with E-state index in [-0.39, 0.29) is 5.56 Å². The molecule has 1 aromatic carbocycles. The van der Waals surface area contributed by atoms with E-state index in [0.29, 0.717) is 10.6 Å². The van der Waals surface area contributed by atoms with E-state index in [2.05, 4.69) is 4.98 Å². The van der Waals surface area contributed by atoms with Crippen LogP contribution in [0, 0.1) is 0 Å². The Morgan fingerprint density at radius 3 is 2.16 bits per heavy atom. The van der Waals surface area contributed by atoms with Crippen LogP contribution in [-0.2, 0) is 9.84 Å². The first-order valence-electron chi connectivity index (χ1n) is 4.97. The van der Waals surface area contributed by atoms with Crippen LogP contribution < -0.4 is 0 Å². The third kappa shape index (κ3) is 2.48. The normalized spacial score (nSPS) is 12.6. The summed E-state index contributed by atoms with van der Waals surface area (Å²) in [6.45, 7) is 0. The minimum absolute atomic E-state index is 0.0472. The molecular formula is C11H7ClF3NO2S. The molecule has 0 saturated carbocycles. The number of halogens is 4. The Morgan fingerprint density at radius 2 is 1.63 bits per heavy atom. The minimum atomic E-state index is -5.39. The Labute approximate surface area is 111 Å². The van der Waals surface area contributed by atoms with Crippen molar-refractivity contribution in [2.45, 2.75) is 10.4 Å². The predicted molar refractivity (Wildman–Crippen MR) is 64.5 cm³/mol. The van der Waals surface area contributed by atoms with E-state index in [1.807, 2.05) is 0 Å². The van der Waals surface area contributed by atoms with Gasteiger partial charge in [-0.25, -0.2) is 8.42 Å². The average molecular weight is 310 g/mol. The summed E-state index contributed by atoms with van der Waals surface area (Å²) in [7, 11) is -5.39. The zero-order chi connectivity index (χ0) is 14.3. The third-order valence-electron chi connectivity index (χ3n) is 2.46. The second-order valence-electron chi connectivity index (χ2n) is 3.69. The Kier molecular flexibility index (Phi) is 3.36. The minimum Gasteiger partial charge on any atom is -0.366 e. The van der Waals surface area contributed by atoms with Gasteiger partial charge in [-0.1, -0.05) is 23.7 Å². The largest absolute Gasteiger partial charge is 0.501 e. The third-order valence-corrected chi connectivity index (χ3v) is 4.24. The van der Waals surface area contributed by atoms with Gasteiger partial charge < -0.3 is 4.98 Å². The van der Waals surface area contributed by atoms with E-state index >= 15 is 0 Å². The van der Waals surface area contributed by atoms with Gasteiger partial charge in [-0.2, -0.15) is 13.2 Å². The van der Waals surface area contributed by atoms with E-state index in [0.717, 1.165) is 6.20 Å². The van der Waals surface area contributed by atoms with Gasteiger partial charge >= 0.3 is 5.51 Å². The summed E-state index contributed by atoms with van der Waals surface area (Å²) in [6.07, 6.45) is 2.01. The van der Waals surface area contributed by atoms with Crippen LogP contribution in [0.4, 0.5) is 13.2 Å². The van der Waals surface area contributed by atoms with Gasteiger partial charge in [0.05, 0.1) is 0 Å². The number of sulfone groups is 1. The van der Waals surface area contributed by atoms with Gasteiger partial charge in [0.1, 0.15) is 4.90 Å². The lowest BCUT2D eigenvalue weighted by Crippen LogP contribution is -2.23. The zero-order valence-corrected chi connectivity index (χ0v) is 10.8. The molecule has 1 N–H and O–H groups in total. The molecule has 0 fully saturated rings. The molecule has 1 aromatic heterocycles. The van der Waals surface area contributed by atoms with Gasteiger partial charge in [0.25, 0.3) is 9.84 Å². The topological polar surface area (TPSA) is 49.9 Å². The highest BCUT2D eigenvalue weighted by molar-refractivity contribution is 7.92. The first kappa shape index (κ1) is 14.0. The van der Waals surface area contributed by atoms with Crippen molar-refractivity contribution in [1.29, 1.82) is 0 Å². The van der Waals surface area contributed by atoms with E-state index < -0.39 is 20.2 Å². The van der Waals surface area contributed by atoms with Gasteiger partial charge in [0.15, 0.2) is 0 Å². The lowest BCUT2D eigenvalue weighted by atomic mass is 10.1. The van der Waals surface area contributed by atoms with E-state index in [9.17, 15) is 21.6 Å². The number of benzene rings is 1. The number of aromatic nitrogens is 1. The lowest BCUT2D eigenvalue weighted by Gasteiger charge is -2.09. The lowest BCUT2D eigenvalue weighted by molar-refractivity contribution is -0.0435. The van der Waals surface area contributed by atoms with Crippen LogP contribution in [0.3, 0.4) is 0 Å². The van der Waals surface area contributed by atoms with Gasteiger partial charge in [0, 0.05) is 23.0 Å². The van der Waals surface area contributed by atoms with Gasteiger partial charge in [0.2, 0.25) is 0 Å². The number of hydrogen-bond donors (Lipinski definition) is 1. The summed E-state index contributed by atoms with van der Waals surface area (Å²) in [5.41, 5.74) is -5.06. The zero-order valence-electron chi connectivity index (χ0n) is 9.20. The van der Waals surface area contributed by atoms with Crippen molar-refractivity contribution in [2.75, 3.05) is 0 Å². The molecule has 0 unspecified atom stereocenters. The number of hydrogen-bond acceptors (Lipinski definition) is 2. The van der Waals surface area contributed by atoms with Gasteiger partial charge in [-0.15, -0.1) is 0 Å². The van der Waals surface area contributed by atoms with Gasteiger partial charge in [-0.05, 0) is 17.7 Å². The fourth-order valence-corrected chi connectivity index (χ4v) is 2.62. The fraction of sp³-hybridized carbons (Fsp3) is 0.0909. The van der Waals surface area contributed by atoms with Crippen LogP contribution in [0.5, 0.6) is 0 Å². The molecule has 3 nitrogen and oxygen atoms in total. The van der Waals surface area contributed by atoms with Crippen molar-refractivity contribution in [1.82, 2.24) is 4.98 Å². The fourth-order valence-electron chi connectivity index (χ4n) is 1.55. The van der Waals surface area contributed by atoms with Crippen LogP contribution in [0.25, 0.3) is 11.1 Å². The monoisotopic (exact) mass is 309 g/mol. The summed E-state index contributed by atoms with van der Waals surface area (Å²) < 4.78 is 60.4. The maximum Gasteiger partial charge on any atom is 0.501 e. The van der Waals surface area contributed by atoms with E-state index in [1.54, 1.807) is 0 Å². The predicted octanol–water partition coefficient (Wildman–Crippen LogP) is 3.63. The van der Waals surface area contributed by atoms with Gasteiger partial charge in [-0.3, -0.25) is 0 Å². The van der Waals surface area contributed by atoms with Crippen molar-refractivity contribution in [3.8, 4) is 11.1 Å². The summed E-state index contributed by atoms with van der Waals surface area (Å²) in [5, 5.41) is 0.402. The molecule has 8 heteroatoms. The SMILES string of the molecule is O=S(=O)(c1c[nH]cc1-c1ccc(Cl)cc1)C(F)(F)F. The quantitative estimate of drug-likeness (QED) is 0.921. The average Bonchev–Trinajstić information content (AvgIpc) is 2.78. The first-order valence-corrected chi connectivity index (χ1v) is 6.83. The second-order valence-corrected chi connectivity index (χ2v) is 6.04. The molecule has 0 bridgehead atoms.